The third-order valence-corrected chi connectivity index (χ3v) is 2.52. The van der Waals surface area contributed by atoms with E-state index in [-0.39, 0.29) is 0 Å². The summed E-state index contributed by atoms with van der Waals surface area (Å²) in [5.74, 6) is 0.993. The van der Waals surface area contributed by atoms with E-state index in [1.165, 1.54) is 17.6 Å². The van der Waals surface area contributed by atoms with E-state index >= 15 is 0 Å². The molecule has 1 aliphatic carbocycles. The maximum atomic E-state index is 5.42. The van der Waals surface area contributed by atoms with Gasteiger partial charge in [0.1, 0.15) is 5.76 Å². The van der Waals surface area contributed by atoms with E-state index in [1.807, 2.05) is 37.5 Å². The van der Waals surface area contributed by atoms with Crippen LogP contribution in [0.1, 0.15) is 25.0 Å². The number of hydrogen-bond acceptors (Lipinski definition) is 3. The van der Waals surface area contributed by atoms with Crippen molar-refractivity contribution in [2.45, 2.75) is 19.3 Å². The van der Waals surface area contributed by atoms with Crippen LogP contribution >= 0.6 is 0 Å². The van der Waals surface area contributed by atoms with Gasteiger partial charge >= 0.3 is 0 Å². The number of rotatable bonds is 3. The molecule has 80 valence electrons. The molecule has 3 nitrogen and oxygen atoms in total. The lowest BCUT2D eigenvalue weighted by atomic mass is 10.1. The van der Waals surface area contributed by atoms with Crippen LogP contribution in [0.2, 0.25) is 0 Å². The molecule has 0 bridgehead atoms. The summed E-state index contributed by atoms with van der Waals surface area (Å²) >= 11 is 0. The summed E-state index contributed by atoms with van der Waals surface area (Å²) < 4.78 is 5.42. The van der Waals surface area contributed by atoms with Gasteiger partial charge < -0.3 is 9.43 Å². The number of allylic oxidation sites excluding steroid dienone is 2. The fourth-order valence-corrected chi connectivity index (χ4v) is 1.83. The molecule has 0 spiro atoms. The Morgan fingerprint density at radius 2 is 2.27 bits per heavy atom. The summed E-state index contributed by atoms with van der Waals surface area (Å²) in [6, 6.07) is 3.95. The standard InChI is InChI=1S/C12H16N2O/c1-14(2)13-9-10-5-3-6-11(10)12-7-4-8-15-12/h4,7-9H,3,5-6H2,1-2H3/b13-9+. The van der Waals surface area contributed by atoms with Gasteiger partial charge in [0.2, 0.25) is 0 Å². The Bertz CT molecular complexity index is 374. The lowest BCUT2D eigenvalue weighted by molar-refractivity contribution is 0.440. The Morgan fingerprint density at radius 3 is 2.93 bits per heavy atom. The largest absolute Gasteiger partial charge is 0.465 e. The molecule has 2 rings (SSSR count). The molecule has 1 heterocycles. The van der Waals surface area contributed by atoms with Crippen molar-refractivity contribution in [2.75, 3.05) is 14.1 Å². The average molecular weight is 204 g/mol. The summed E-state index contributed by atoms with van der Waals surface area (Å²) in [5, 5.41) is 6.09. The minimum absolute atomic E-state index is 0.993. The van der Waals surface area contributed by atoms with Crippen molar-refractivity contribution in [3.05, 3.63) is 29.7 Å². The Kier molecular flexibility index (Phi) is 2.90. The molecular weight excluding hydrogens is 188 g/mol. The summed E-state index contributed by atoms with van der Waals surface area (Å²) in [4.78, 5) is 0. The number of hydrogen-bond donors (Lipinski definition) is 0. The molecule has 3 heteroatoms. The summed E-state index contributed by atoms with van der Waals surface area (Å²) in [6.45, 7) is 0. The molecule has 0 unspecified atom stereocenters. The first kappa shape index (κ1) is 10.0. The van der Waals surface area contributed by atoms with Crippen molar-refractivity contribution in [1.82, 2.24) is 5.01 Å². The van der Waals surface area contributed by atoms with Gasteiger partial charge in [0, 0.05) is 14.1 Å². The van der Waals surface area contributed by atoms with E-state index in [9.17, 15) is 0 Å². The molecule has 0 saturated carbocycles. The Morgan fingerprint density at radius 1 is 1.40 bits per heavy atom. The van der Waals surface area contributed by atoms with Gasteiger partial charge in [-0.3, -0.25) is 0 Å². The molecule has 1 aromatic rings. The SMILES string of the molecule is CN(C)/N=C/C1=C(c2ccco2)CCC1. The predicted octanol–water partition coefficient (Wildman–Crippen LogP) is 2.76. The van der Waals surface area contributed by atoms with Crippen LogP contribution in [0.5, 0.6) is 0 Å². The van der Waals surface area contributed by atoms with Crippen LogP contribution in [0, 0.1) is 0 Å². The zero-order valence-electron chi connectivity index (χ0n) is 9.23. The van der Waals surface area contributed by atoms with Crippen molar-refractivity contribution in [2.24, 2.45) is 5.10 Å². The molecule has 0 N–H and O–H groups in total. The number of furan rings is 1. The molecule has 1 aromatic heterocycles. The molecule has 0 atom stereocenters. The van der Waals surface area contributed by atoms with Crippen LogP contribution in [0.4, 0.5) is 0 Å². The maximum Gasteiger partial charge on any atom is 0.130 e. The predicted molar refractivity (Wildman–Crippen MR) is 61.7 cm³/mol. The Hall–Kier alpha value is -1.51. The monoisotopic (exact) mass is 204 g/mol. The van der Waals surface area contributed by atoms with E-state index in [2.05, 4.69) is 5.10 Å². The van der Waals surface area contributed by atoms with Gasteiger partial charge in [0.15, 0.2) is 0 Å². The first-order valence-electron chi connectivity index (χ1n) is 5.24. The summed E-state index contributed by atoms with van der Waals surface area (Å²) in [6.07, 6.45) is 7.08. The first-order valence-corrected chi connectivity index (χ1v) is 5.24. The van der Waals surface area contributed by atoms with Gasteiger partial charge in [0.05, 0.1) is 12.5 Å². The highest BCUT2D eigenvalue weighted by Gasteiger charge is 2.16. The maximum absolute atomic E-state index is 5.42. The molecule has 0 radical (unpaired) electrons. The fourth-order valence-electron chi connectivity index (χ4n) is 1.83. The lowest BCUT2D eigenvalue weighted by Crippen LogP contribution is -2.02. The summed E-state index contributed by atoms with van der Waals surface area (Å²) in [5.41, 5.74) is 2.62. The Labute approximate surface area is 90.1 Å². The molecule has 0 aromatic carbocycles. The van der Waals surface area contributed by atoms with Crippen LogP contribution in [0.25, 0.3) is 5.57 Å². The zero-order chi connectivity index (χ0) is 10.7. The fraction of sp³-hybridized carbons (Fsp3) is 0.417. The topological polar surface area (TPSA) is 28.7 Å². The van der Waals surface area contributed by atoms with Crippen molar-refractivity contribution < 1.29 is 4.42 Å². The smallest absolute Gasteiger partial charge is 0.130 e. The molecule has 0 amide bonds. The highest BCUT2D eigenvalue weighted by molar-refractivity contribution is 5.91. The van der Waals surface area contributed by atoms with Gasteiger partial charge in [-0.15, -0.1) is 0 Å². The van der Waals surface area contributed by atoms with Gasteiger partial charge in [-0.2, -0.15) is 5.10 Å². The minimum atomic E-state index is 0.993. The minimum Gasteiger partial charge on any atom is -0.465 e. The quantitative estimate of drug-likeness (QED) is 0.559. The van der Waals surface area contributed by atoms with Crippen molar-refractivity contribution in [3.63, 3.8) is 0 Å². The van der Waals surface area contributed by atoms with E-state index < -0.39 is 0 Å². The van der Waals surface area contributed by atoms with Crippen LogP contribution in [-0.4, -0.2) is 25.3 Å². The van der Waals surface area contributed by atoms with Gasteiger partial charge in [-0.25, -0.2) is 0 Å². The van der Waals surface area contributed by atoms with Crippen molar-refractivity contribution in [1.29, 1.82) is 0 Å². The molecule has 0 saturated heterocycles. The van der Waals surface area contributed by atoms with Crippen LogP contribution < -0.4 is 0 Å². The van der Waals surface area contributed by atoms with Crippen molar-refractivity contribution in [3.8, 4) is 0 Å². The molecule has 15 heavy (non-hydrogen) atoms. The van der Waals surface area contributed by atoms with Crippen molar-refractivity contribution >= 4 is 11.8 Å². The molecule has 1 aliphatic rings. The molecular formula is C12H16N2O. The van der Waals surface area contributed by atoms with Crippen LogP contribution in [0.3, 0.4) is 0 Å². The first-order chi connectivity index (χ1) is 7.27. The van der Waals surface area contributed by atoms with Gasteiger partial charge in [0.25, 0.3) is 0 Å². The van der Waals surface area contributed by atoms with Crippen LogP contribution in [-0.2, 0) is 0 Å². The zero-order valence-corrected chi connectivity index (χ0v) is 9.23. The average Bonchev–Trinajstić information content (AvgIpc) is 2.85. The normalized spacial score (nSPS) is 16.7. The van der Waals surface area contributed by atoms with E-state index in [0.29, 0.717) is 0 Å². The second kappa shape index (κ2) is 4.34. The van der Waals surface area contributed by atoms with E-state index in [1.54, 1.807) is 6.26 Å². The third-order valence-electron chi connectivity index (χ3n) is 2.52. The number of nitrogens with zero attached hydrogens (tertiary/aromatic N) is 2. The van der Waals surface area contributed by atoms with E-state index in [4.69, 9.17) is 4.42 Å². The Balaban J connectivity index is 2.24. The highest BCUT2D eigenvalue weighted by atomic mass is 16.3. The third kappa shape index (κ3) is 2.29. The number of hydrazone groups is 1. The summed E-state index contributed by atoms with van der Waals surface area (Å²) in [7, 11) is 3.86. The van der Waals surface area contributed by atoms with Gasteiger partial charge in [-0.05, 0) is 42.5 Å². The van der Waals surface area contributed by atoms with Crippen LogP contribution in [0.15, 0.2) is 33.5 Å². The highest BCUT2D eigenvalue weighted by Crippen LogP contribution is 2.32. The lowest BCUT2D eigenvalue weighted by Gasteiger charge is -2.04. The van der Waals surface area contributed by atoms with E-state index in [0.717, 1.165) is 18.6 Å². The van der Waals surface area contributed by atoms with Gasteiger partial charge in [-0.1, -0.05) is 0 Å². The molecule has 0 aliphatic heterocycles. The second-order valence-corrected chi connectivity index (χ2v) is 3.93. The second-order valence-electron chi connectivity index (χ2n) is 3.93. The molecule has 0 fully saturated rings.